The number of aromatic hydroxyl groups is 1. The lowest BCUT2D eigenvalue weighted by Gasteiger charge is -2.02. The summed E-state index contributed by atoms with van der Waals surface area (Å²) in [4.78, 5) is 14.1. The van der Waals surface area contributed by atoms with Gasteiger partial charge in [0.15, 0.2) is 5.75 Å². The molecule has 1 aromatic heterocycles. The number of nitro benzene ring substituents is 1. The number of pyridine rings is 1. The van der Waals surface area contributed by atoms with Gasteiger partial charge in [-0.15, -0.1) is 0 Å². The van der Waals surface area contributed by atoms with Gasteiger partial charge in [-0.2, -0.15) is 5.26 Å². The Morgan fingerprint density at radius 2 is 2.17 bits per heavy atom. The Balaban J connectivity index is 2.52. The molecule has 0 bridgehead atoms. The maximum absolute atomic E-state index is 10.7. The smallest absolute Gasteiger partial charge is 0.270 e. The van der Waals surface area contributed by atoms with E-state index in [0.717, 1.165) is 6.20 Å². The second kappa shape index (κ2) is 4.51. The zero-order valence-electron chi connectivity index (χ0n) is 9.07. The van der Waals surface area contributed by atoms with Crippen LogP contribution in [0, 0.1) is 21.4 Å². The Morgan fingerprint density at radius 1 is 1.39 bits per heavy atom. The SMILES string of the molecule is N#Cc1cc(-c2cccc([N+](=O)[O-])c2)ncc1O. The number of rotatable bonds is 2. The molecular formula is C12H7N3O3. The first-order valence-electron chi connectivity index (χ1n) is 4.96. The molecule has 6 nitrogen and oxygen atoms in total. The van der Waals surface area contributed by atoms with Crippen LogP contribution in [0.4, 0.5) is 5.69 Å². The van der Waals surface area contributed by atoms with Crippen molar-refractivity contribution in [3.05, 3.63) is 52.2 Å². The van der Waals surface area contributed by atoms with Gasteiger partial charge in [-0.1, -0.05) is 12.1 Å². The highest BCUT2D eigenvalue weighted by Gasteiger charge is 2.09. The summed E-state index contributed by atoms with van der Waals surface area (Å²) in [6.45, 7) is 0. The number of hydrogen-bond donors (Lipinski definition) is 1. The summed E-state index contributed by atoms with van der Waals surface area (Å²) in [7, 11) is 0. The second-order valence-corrected chi connectivity index (χ2v) is 3.51. The number of nitrogens with zero attached hydrogens (tertiary/aromatic N) is 3. The van der Waals surface area contributed by atoms with Gasteiger partial charge in [0.05, 0.1) is 22.4 Å². The van der Waals surface area contributed by atoms with E-state index in [1.54, 1.807) is 6.07 Å². The number of nitriles is 1. The molecule has 0 saturated heterocycles. The number of non-ortho nitro benzene ring substituents is 1. The molecule has 88 valence electrons. The topological polar surface area (TPSA) is 100 Å². The van der Waals surface area contributed by atoms with Gasteiger partial charge >= 0.3 is 0 Å². The molecule has 2 rings (SSSR count). The summed E-state index contributed by atoms with van der Waals surface area (Å²) < 4.78 is 0. The van der Waals surface area contributed by atoms with Crippen LogP contribution in [0.1, 0.15) is 5.56 Å². The molecule has 0 spiro atoms. The summed E-state index contributed by atoms with van der Waals surface area (Å²) in [5, 5.41) is 28.8. The summed E-state index contributed by atoms with van der Waals surface area (Å²) in [6, 6.07) is 9.12. The van der Waals surface area contributed by atoms with Crippen LogP contribution in [0.2, 0.25) is 0 Å². The number of nitro groups is 1. The molecule has 1 aromatic carbocycles. The standard InChI is InChI=1S/C12H7N3O3/c13-6-9-5-11(14-7-12(9)16)8-2-1-3-10(4-8)15(17)18/h1-5,7,16H. The van der Waals surface area contributed by atoms with E-state index in [9.17, 15) is 15.2 Å². The van der Waals surface area contributed by atoms with Gasteiger partial charge in [-0.05, 0) is 6.07 Å². The van der Waals surface area contributed by atoms with Crippen molar-refractivity contribution in [2.45, 2.75) is 0 Å². The molecule has 0 aliphatic carbocycles. The van der Waals surface area contributed by atoms with Crippen molar-refractivity contribution in [3.63, 3.8) is 0 Å². The molecule has 6 heteroatoms. The monoisotopic (exact) mass is 241 g/mol. The van der Waals surface area contributed by atoms with Crippen molar-refractivity contribution in [1.82, 2.24) is 4.98 Å². The molecule has 1 N–H and O–H groups in total. The third-order valence-corrected chi connectivity index (χ3v) is 2.36. The first kappa shape index (κ1) is 11.5. The van der Waals surface area contributed by atoms with Crippen LogP contribution in [0.5, 0.6) is 5.75 Å². The predicted octanol–water partition coefficient (Wildman–Crippen LogP) is 2.23. The molecule has 0 amide bonds. The van der Waals surface area contributed by atoms with Gasteiger partial charge in [0.25, 0.3) is 5.69 Å². The maximum Gasteiger partial charge on any atom is 0.270 e. The zero-order chi connectivity index (χ0) is 13.1. The lowest BCUT2D eigenvalue weighted by molar-refractivity contribution is -0.384. The van der Waals surface area contributed by atoms with Crippen LogP contribution in [0.3, 0.4) is 0 Å². The zero-order valence-corrected chi connectivity index (χ0v) is 9.07. The summed E-state index contributed by atoms with van der Waals surface area (Å²) in [6.07, 6.45) is 1.15. The minimum atomic E-state index is -0.505. The van der Waals surface area contributed by atoms with E-state index in [0.29, 0.717) is 11.3 Å². The van der Waals surface area contributed by atoms with E-state index >= 15 is 0 Å². The first-order chi connectivity index (χ1) is 8.61. The normalized spacial score (nSPS) is 9.72. The quantitative estimate of drug-likeness (QED) is 0.641. The van der Waals surface area contributed by atoms with E-state index in [2.05, 4.69) is 4.98 Å². The summed E-state index contributed by atoms with van der Waals surface area (Å²) >= 11 is 0. The molecule has 18 heavy (non-hydrogen) atoms. The lowest BCUT2D eigenvalue weighted by Crippen LogP contribution is -1.90. The van der Waals surface area contributed by atoms with Gasteiger partial charge in [-0.3, -0.25) is 15.1 Å². The molecule has 1 heterocycles. The fraction of sp³-hybridized carbons (Fsp3) is 0. The summed E-state index contributed by atoms with van der Waals surface area (Å²) in [5.74, 6) is -0.216. The van der Waals surface area contributed by atoms with E-state index in [-0.39, 0.29) is 17.0 Å². The van der Waals surface area contributed by atoms with E-state index in [4.69, 9.17) is 5.26 Å². The Hall–Kier alpha value is -2.94. The molecule has 0 aliphatic rings. The molecular weight excluding hydrogens is 234 g/mol. The van der Waals surface area contributed by atoms with Crippen LogP contribution in [-0.4, -0.2) is 15.0 Å². The van der Waals surface area contributed by atoms with Gasteiger partial charge in [0, 0.05) is 17.7 Å². The fourth-order valence-electron chi connectivity index (χ4n) is 1.47. The van der Waals surface area contributed by atoms with Crippen LogP contribution < -0.4 is 0 Å². The van der Waals surface area contributed by atoms with Gasteiger partial charge in [0.2, 0.25) is 0 Å². The van der Waals surface area contributed by atoms with Gasteiger partial charge < -0.3 is 5.11 Å². The number of benzene rings is 1. The second-order valence-electron chi connectivity index (χ2n) is 3.51. The van der Waals surface area contributed by atoms with Crippen molar-refractivity contribution >= 4 is 5.69 Å². The van der Waals surface area contributed by atoms with Crippen molar-refractivity contribution in [2.24, 2.45) is 0 Å². The minimum absolute atomic E-state index is 0.0547. The Morgan fingerprint density at radius 3 is 2.83 bits per heavy atom. The molecule has 0 fully saturated rings. The molecule has 0 unspecified atom stereocenters. The molecule has 0 saturated carbocycles. The maximum atomic E-state index is 10.7. The Bertz CT molecular complexity index is 662. The predicted molar refractivity (Wildman–Crippen MR) is 62.7 cm³/mol. The van der Waals surface area contributed by atoms with Crippen LogP contribution in [0.15, 0.2) is 36.5 Å². The van der Waals surface area contributed by atoms with Crippen LogP contribution >= 0.6 is 0 Å². The highest BCUT2D eigenvalue weighted by molar-refractivity contribution is 5.65. The van der Waals surface area contributed by atoms with Crippen molar-refractivity contribution in [1.29, 1.82) is 5.26 Å². The Labute approximate surface area is 102 Å². The van der Waals surface area contributed by atoms with E-state index in [1.807, 2.05) is 6.07 Å². The fourth-order valence-corrected chi connectivity index (χ4v) is 1.47. The third-order valence-electron chi connectivity index (χ3n) is 2.36. The average molecular weight is 241 g/mol. The number of hydrogen-bond acceptors (Lipinski definition) is 5. The summed E-state index contributed by atoms with van der Waals surface area (Å²) in [5.41, 5.74) is 0.932. The third kappa shape index (κ3) is 2.10. The van der Waals surface area contributed by atoms with Crippen molar-refractivity contribution < 1.29 is 10.0 Å². The molecule has 0 radical (unpaired) electrons. The van der Waals surface area contributed by atoms with Crippen molar-refractivity contribution in [3.8, 4) is 23.1 Å². The lowest BCUT2D eigenvalue weighted by atomic mass is 10.1. The Kier molecular flexibility index (Phi) is 2.89. The highest BCUT2D eigenvalue weighted by atomic mass is 16.6. The first-order valence-corrected chi connectivity index (χ1v) is 4.96. The molecule has 0 aliphatic heterocycles. The molecule has 0 atom stereocenters. The van der Waals surface area contributed by atoms with Gasteiger partial charge in [-0.25, -0.2) is 0 Å². The largest absolute Gasteiger partial charge is 0.505 e. The van der Waals surface area contributed by atoms with E-state index < -0.39 is 4.92 Å². The van der Waals surface area contributed by atoms with E-state index in [1.165, 1.54) is 24.3 Å². The van der Waals surface area contributed by atoms with Crippen LogP contribution in [-0.2, 0) is 0 Å². The molecule has 2 aromatic rings. The highest BCUT2D eigenvalue weighted by Crippen LogP contribution is 2.25. The minimum Gasteiger partial charge on any atom is -0.505 e. The van der Waals surface area contributed by atoms with Crippen LogP contribution in [0.25, 0.3) is 11.3 Å². The average Bonchev–Trinajstić information content (AvgIpc) is 2.39. The number of aromatic nitrogens is 1. The van der Waals surface area contributed by atoms with Crippen molar-refractivity contribution in [2.75, 3.05) is 0 Å². The van der Waals surface area contributed by atoms with Gasteiger partial charge in [0.1, 0.15) is 6.07 Å².